The summed E-state index contributed by atoms with van der Waals surface area (Å²) >= 11 is 0. The van der Waals surface area contributed by atoms with Crippen LogP contribution in [0.1, 0.15) is 41.9 Å². The van der Waals surface area contributed by atoms with Crippen LogP contribution in [-0.2, 0) is 6.18 Å². The molecule has 0 aliphatic rings. The molecule has 8 heteroatoms. The summed E-state index contributed by atoms with van der Waals surface area (Å²) in [4.78, 5) is 15.9. The van der Waals surface area contributed by atoms with E-state index in [4.69, 9.17) is 0 Å². The molecule has 0 unspecified atom stereocenters. The van der Waals surface area contributed by atoms with E-state index in [9.17, 15) is 18.0 Å². The third kappa shape index (κ3) is 4.12. The molecule has 0 fully saturated rings. The number of carbonyl (C=O) groups excluding carboxylic acids is 1. The number of hydrogen-bond donors (Lipinski definition) is 1. The van der Waals surface area contributed by atoms with Crippen LogP contribution >= 0.6 is 0 Å². The van der Waals surface area contributed by atoms with Gasteiger partial charge >= 0.3 is 6.18 Å². The number of pyridine rings is 1. The quantitative estimate of drug-likeness (QED) is 0.908. The van der Waals surface area contributed by atoms with Gasteiger partial charge in [0.25, 0.3) is 5.91 Å². The van der Waals surface area contributed by atoms with Gasteiger partial charge in [0.15, 0.2) is 5.82 Å². The molecule has 0 radical (unpaired) electrons. The van der Waals surface area contributed by atoms with Crippen molar-refractivity contribution in [3.63, 3.8) is 0 Å². The summed E-state index contributed by atoms with van der Waals surface area (Å²) in [6, 6.07) is 2.16. The van der Waals surface area contributed by atoms with Crippen LogP contribution in [0, 0.1) is 12.8 Å². The van der Waals surface area contributed by atoms with Crippen molar-refractivity contribution >= 4 is 5.91 Å². The number of hydrogen-bond acceptors (Lipinski definition) is 3. The Balaban J connectivity index is 2.16. The lowest BCUT2D eigenvalue weighted by Crippen LogP contribution is -2.25. The van der Waals surface area contributed by atoms with Crippen LogP contribution in [0.5, 0.6) is 0 Å². The lowest BCUT2D eigenvalue weighted by atomic mass is 10.1. The molecule has 5 nitrogen and oxygen atoms in total. The summed E-state index contributed by atoms with van der Waals surface area (Å²) in [6.45, 7) is 6.35. The number of carbonyl (C=O) groups is 1. The number of alkyl halides is 3. The highest BCUT2D eigenvalue weighted by Gasteiger charge is 2.30. The largest absolute Gasteiger partial charge is 0.417 e. The van der Waals surface area contributed by atoms with E-state index in [0.29, 0.717) is 23.7 Å². The molecule has 0 spiro atoms. The van der Waals surface area contributed by atoms with Crippen LogP contribution < -0.4 is 5.32 Å². The van der Waals surface area contributed by atoms with E-state index < -0.39 is 11.7 Å². The summed E-state index contributed by atoms with van der Waals surface area (Å²) in [6.07, 6.45) is -1.44. The number of amides is 1. The second-order valence-corrected chi connectivity index (χ2v) is 5.90. The molecule has 1 N–H and O–H groups in total. The topological polar surface area (TPSA) is 59.8 Å². The fourth-order valence-electron chi connectivity index (χ4n) is 2.11. The fraction of sp³-hybridized carbons (Fsp3) is 0.438. The lowest BCUT2D eigenvalue weighted by molar-refractivity contribution is -0.137. The smallest absolute Gasteiger partial charge is 0.352 e. The van der Waals surface area contributed by atoms with E-state index in [0.717, 1.165) is 18.7 Å². The molecule has 2 heterocycles. The van der Waals surface area contributed by atoms with Gasteiger partial charge in [-0.1, -0.05) is 13.8 Å². The maximum atomic E-state index is 12.6. The van der Waals surface area contributed by atoms with E-state index in [-0.39, 0.29) is 11.7 Å². The van der Waals surface area contributed by atoms with Crippen molar-refractivity contribution in [2.75, 3.05) is 6.54 Å². The van der Waals surface area contributed by atoms with Crippen LogP contribution in [0.2, 0.25) is 0 Å². The second-order valence-electron chi connectivity index (χ2n) is 5.90. The van der Waals surface area contributed by atoms with Gasteiger partial charge < -0.3 is 5.32 Å². The van der Waals surface area contributed by atoms with Crippen molar-refractivity contribution in [1.82, 2.24) is 20.1 Å². The average Bonchev–Trinajstić information content (AvgIpc) is 2.88. The van der Waals surface area contributed by atoms with Crippen molar-refractivity contribution in [1.29, 1.82) is 0 Å². The summed E-state index contributed by atoms with van der Waals surface area (Å²) in [5.41, 5.74) is 0.0625. The monoisotopic (exact) mass is 340 g/mol. The van der Waals surface area contributed by atoms with Crippen molar-refractivity contribution < 1.29 is 18.0 Å². The Morgan fingerprint density at radius 3 is 2.54 bits per heavy atom. The van der Waals surface area contributed by atoms with Gasteiger partial charge in [0.1, 0.15) is 0 Å². The third-order valence-corrected chi connectivity index (χ3v) is 3.55. The van der Waals surface area contributed by atoms with Crippen LogP contribution in [0.25, 0.3) is 5.82 Å². The molecule has 0 aliphatic heterocycles. The molecule has 0 atom stereocenters. The zero-order chi connectivity index (χ0) is 17.9. The molecular weight excluding hydrogens is 321 g/mol. The van der Waals surface area contributed by atoms with E-state index in [1.165, 1.54) is 16.9 Å². The molecule has 0 aliphatic carbocycles. The first-order valence-corrected chi connectivity index (χ1v) is 7.56. The van der Waals surface area contributed by atoms with Gasteiger partial charge in [-0.2, -0.15) is 18.3 Å². The first-order chi connectivity index (χ1) is 11.2. The van der Waals surface area contributed by atoms with Crippen molar-refractivity contribution in [2.45, 2.75) is 33.4 Å². The van der Waals surface area contributed by atoms with E-state index >= 15 is 0 Å². The Morgan fingerprint density at radius 1 is 1.29 bits per heavy atom. The van der Waals surface area contributed by atoms with Crippen LogP contribution in [0.15, 0.2) is 24.5 Å². The minimum Gasteiger partial charge on any atom is -0.352 e. The molecule has 0 saturated heterocycles. The first-order valence-electron chi connectivity index (χ1n) is 7.56. The first kappa shape index (κ1) is 18.0. The van der Waals surface area contributed by atoms with Gasteiger partial charge in [-0.05, 0) is 31.4 Å². The lowest BCUT2D eigenvalue weighted by Gasteiger charge is -2.09. The van der Waals surface area contributed by atoms with Crippen LogP contribution in [-0.4, -0.2) is 27.2 Å². The minimum atomic E-state index is -4.44. The molecule has 24 heavy (non-hydrogen) atoms. The van der Waals surface area contributed by atoms with Gasteiger partial charge in [0.2, 0.25) is 0 Å². The zero-order valence-electron chi connectivity index (χ0n) is 13.7. The second kappa shape index (κ2) is 7.02. The molecular formula is C16H19F3N4O. The van der Waals surface area contributed by atoms with Crippen molar-refractivity contribution in [3.8, 4) is 5.82 Å². The fourth-order valence-corrected chi connectivity index (χ4v) is 2.11. The number of nitrogens with zero attached hydrogens (tertiary/aromatic N) is 3. The SMILES string of the molecule is Cc1c(C(=O)NCCC(C)C)cnn1-c1ccc(C(F)(F)F)cn1. The normalized spacial score (nSPS) is 11.8. The number of aromatic nitrogens is 3. The molecule has 130 valence electrons. The zero-order valence-corrected chi connectivity index (χ0v) is 13.7. The third-order valence-electron chi connectivity index (χ3n) is 3.55. The summed E-state index contributed by atoms with van der Waals surface area (Å²) < 4.78 is 39.1. The molecule has 0 aromatic carbocycles. The van der Waals surface area contributed by atoms with E-state index in [2.05, 4.69) is 29.2 Å². The predicted octanol–water partition coefficient (Wildman–Crippen LogP) is 3.37. The van der Waals surface area contributed by atoms with Gasteiger partial charge in [-0.3, -0.25) is 4.79 Å². The minimum absolute atomic E-state index is 0.224. The maximum absolute atomic E-state index is 12.6. The van der Waals surface area contributed by atoms with E-state index in [1.807, 2.05) is 0 Å². The summed E-state index contributed by atoms with van der Waals surface area (Å²) in [7, 11) is 0. The number of rotatable bonds is 5. The molecule has 0 saturated carbocycles. The number of halogens is 3. The van der Waals surface area contributed by atoms with Crippen LogP contribution in [0.4, 0.5) is 13.2 Å². The van der Waals surface area contributed by atoms with Crippen molar-refractivity contribution in [2.24, 2.45) is 5.92 Å². The Labute approximate surface area is 137 Å². The number of nitrogens with one attached hydrogen (secondary N) is 1. The maximum Gasteiger partial charge on any atom is 0.417 e. The Hall–Kier alpha value is -2.38. The summed E-state index contributed by atoms with van der Waals surface area (Å²) in [5.74, 6) is 0.443. The van der Waals surface area contributed by atoms with E-state index in [1.54, 1.807) is 6.92 Å². The predicted molar refractivity (Wildman–Crippen MR) is 82.9 cm³/mol. The molecule has 2 aromatic rings. The highest BCUT2D eigenvalue weighted by molar-refractivity contribution is 5.95. The summed E-state index contributed by atoms with van der Waals surface area (Å²) in [5, 5.41) is 6.86. The molecule has 2 rings (SSSR count). The highest BCUT2D eigenvalue weighted by Crippen LogP contribution is 2.28. The van der Waals surface area contributed by atoms with Crippen molar-refractivity contribution in [3.05, 3.63) is 41.3 Å². The van der Waals surface area contributed by atoms with Gasteiger partial charge in [0.05, 0.1) is 23.0 Å². The highest BCUT2D eigenvalue weighted by atomic mass is 19.4. The Morgan fingerprint density at radius 2 is 2.00 bits per heavy atom. The van der Waals surface area contributed by atoms with Gasteiger partial charge in [-0.15, -0.1) is 0 Å². The van der Waals surface area contributed by atoms with Gasteiger partial charge in [0, 0.05) is 12.7 Å². The standard InChI is InChI=1S/C16H19F3N4O/c1-10(2)6-7-20-15(24)13-9-22-23(11(13)3)14-5-4-12(8-21-14)16(17,18)19/h4-5,8-10H,6-7H2,1-3H3,(H,20,24). The average molecular weight is 340 g/mol. The molecule has 2 aromatic heterocycles. The molecule has 0 bridgehead atoms. The molecule has 1 amide bonds. The Bertz CT molecular complexity index is 705. The van der Waals surface area contributed by atoms with Gasteiger partial charge in [-0.25, -0.2) is 9.67 Å². The Kier molecular flexibility index (Phi) is 5.26. The van der Waals surface area contributed by atoms with Crippen LogP contribution in [0.3, 0.4) is 0 Å².